The molecule has 0 fully saturated rings. The number of rotatable bonds is 11. The van der Waals surface area contributed by atoms with Gasteiger partial charge in [-0.2, -0.15) is 0 Å². The van der Waals surface area contributed by atoms with E-state index in [1.165, 1.54) is 0 Å². The Balaban J connectivity index is 1.88. The molecule has 0 bridgehead atoms. The van der Waals surface area contributed by atoms with E-state index in [2.05, 4.69) is 0 Å². The van der Waals surface area contributed by atoms with Crippen LogP contribution in [0.2, 0.25) is 0 Å². The summed E-state index contributed by atoms with van der Waals surface area (Å²) in [5.74, 6) is -15.7. The number of ketones is 2. The third-order valence-electron chi connectivity index (χ3n) is 6.10. The molecule has 0 aliphatic heterocycles. The van der Waals surface area contributed by atoms with Gasteiger partial charge >= 0.3 is 11.9 Å². The van der Waals surface area contributed by atoms with Gasteiger partial charge in [-0.15, -0.1) is 0 Å². The zero-order chi connectivity index (χ0) is 33.9. The van der Waals surface area contributed by atoms with Crippen LogP contribution in [0, 0.1) is 0 Å². The molecule has 240 valence electrons. The molecule has 0 aliphatic rings. The average Bonchev–Trinajstić information content (AvgIpc) is 2.99. The predicted molar refractivity (Wildman–Crippen MR) is 141 cm³/mol. The first-order valence-corrected chi connectivity index (χ1v) is 12.2. The van der Waals surface area contributed by atoms with Gasteiger partial charge in [0, 0.05) is 5.56 Å². The number of aromatic hydroxyl groups is 9. The van der Waals surface area contributed by atoms with Crippen molar-refractivity contribution in [2.75, 3.05) is 6.61 Å². The molecular formula is C27H24O18. The van der Waals surface area contributed by atoms with Crippen molar-refractivity contribution in [2.45, 2.75) is 24.4 Å². The van der Waals surface area contributed by atoms with E-state index in [4.69, 9.17) is 9.47 Å². The Kier molecular flexibility index (Phi) is 9.77. The minimum Gasteiger partial charge on any atom is -0.504 e. The first-order chi connectivity index (χ1) is 20.9. The summed E-state index contributed by atoms with van der Waals surface area (Å²) in [4.78, 5) is 51.0. The maximum Gasteiger partial charge on any atom is 0.339 e. The Bertz CT molecular complexity index is 1590. The number of esters is 2. The standard InChI is InChI=1S/C27H24O18/c28-11-1-8(2-12(29)19(11)36)18(35)23(40)25(45-27(43)10-5-15(32)21(38)16(33)6-10)24(41)22(39)17(34)7-44-26(42)9-3-13(30)20(37)14(31)4-9/h1-6,17,22,24-25,28-34,36-39,41H,7H2/t17-,22-,24+,25+/m1/s1. The summed E-state index contributed by atoms with van der Waals surface area (Å²) < 4.78 is 9.56. The van der Waals surface area contributed by atoms with Crippen molar-refractivity contribution in [3.63, 3.8) is 0 Å². The average molecular weight is 636 g/mol. The molecule has 4 atom stereocenters. The van der Waals surface area contributed by atoms with Gasteiger partial charge in [-0.1, -0.05) is 0 Å². The SMILES string of the molecule is O=C(OC[C@@H](O)[C@@H](O)[C@H](O)[C@@H](OC(=O)c1cc(O)c(O)c(O)c1)C(=O)C(=O)c1cc(O)c(O)c(O)c1)c1cc(O)c(O)c(O)c1. The molecule has 0 aliphatic carbocycles. The fraction of sp³-hybridized carbons (Fsp3) is 0.185. The number of aliphatic hydroxyl groups excluding tert-OH is 3. The summed E-state index contributed by atoms with van der Waals surface area (Å²) in [7, 11) is 0. The number of hydrogen-bond donors (Lipinski definition) is 12. The molecule has 18 heteroatoms. The van der Waals surface area contributed by atoms with Crippen molar-refractivity contribution in [1.82, 2.24) is 0 Å². The topological polar surface area (TPSA) is 330 Å². The van der Waals surface area contributed by atoms with Crippen molar-refractivity contribution in [1.29, 1.82) is 0 Å². The van der Waals surface area contributed by atoms with E-state index in [0.717, 1.165) is 0 Å². The number of benzene rings is 3. The van der Waals surface area contributed by atoms with Gasteiger partial charge in [0.25, 0.3) is 0 Å². The molecule has 45 heavy (non-hydrogen) atoms. The molecule has 3 aromatic rings. The number of phenols is 9. The second-order valence-corrected chi connectivity index (χ2v) is 9.26. The van der Waals surface area contributed by atoms with E-state index >= 15 is 0 Å². The smallest absolute Gasteiger partial charge is 0.339 e. The number of aliphatic hydroxyl groups is 3. The molecule has 18 nitrogen and oxygen atoms in total. The lowest BCUT2D eigenvalue weighted by Crippen LogP contribution is -2.52. The van der Waals surface area contributed by atoms with E-state index in [1.54, 1.807) is 0 Å². The number of carbonyl (C=O) groups is 4. The zero-order valence-electron chi connectivity index (χ0n) is 22.3. The fourth-order valence-corrected chi connectivity index (χ4v) is 3.66. The van der Waals surface area contributed by atoms with Crippen molar-refractivity contribution in [3.05, 3.63) is 53.1 Å². The van der Waals surface area contributed by atoms with Crippen molar-refractivity contribution >= 4 is 23.5 Å². The third-order valence-corrected chi connectivity index (χ3v) is 6.10. The van der Waals surface area contributed by atoms with Crippen molar-refractivity contribution in [2.24, 2.45) is 0 Å². The molecule has 0 amide bonds. The largest absolute Gasteiger partial charge is 0.504 e. The van der Waals surface area contributed by atoms with Gasteiger partial charge in [-0.3, -0.25) is 9.59 Å². The summed E-state index contributed by atoms with van der Waals surface area (Å²) >= 11 is 0. The Labute approximate surface area is 249 Å². The van der Waals surface area contributed by atoms with E-state index in [1.807, 2.05) is 0 Å². The third kappa shape index (κ3) is 7.16. The lowest BCUT2D eigenvalue weighted by atomic mass is 9.95. The van der Waals surface area contributed by atoms with E-state index in [-0.39, 0.29) is 0 Å². The second kappa shape index (κ2) is 13.1. The molecule has 0 saturated heterocycles. The van der Waals surface area contributed by atoms with Crippen LogP contribution in [0.4, 0.5) is 0 Å². The Morgan fingerprint density at radius 3 is 1.29 bits per heavy atom. The van der Waals surface area contributed by atoms with Gasteiger partial charge in [0.2, 0.25) is 11.6 Å². The quantitative estimate of drug-likeness (QED) is 0.0517. The minimum atomic E-state index is -2.73. The van der Waals surface area contributed by atoms with E-state index in [9.17, 15) is 80.5 Å². The molecule has 3 rings (SSSR count). The highest BCUT2D eigenvalue weighted by atomic mass is 16.6. The zero-order valence-corrected chi connectivity index (χ0v) is 22.3. The number of phenolic OH excluding ortho intramolecular Hbond substituents is 9. The molecule has 0 heterocycles. The van der Waals surface area contributed by atoms with Gasteiger partial charge in [-0.05, 0) is 36.4 Å². The molecular weight excluding hydrogens is 612 g/mol. The molecule has 0 aromatic heterocycles. The molecule has 12 N–H and O–H groups in total. The summed E-state index contributed by atoms with van der Waals surface area (Å²) in [6.45, 7) is -1.17. The van der Waals surface area contributed by atoms with Crippen LogP contribution < -0.4 is 0 Å². The monoisotopic (exact) mass is 636 g/mol. The Morgan fingerprint density at radius 2 is 0.889 bits per heavy atom. The highest BCUT2D eigenvalue weighted by Crippen LogP contribution is 2.38. The molecule has 0 saturated carbocycles. The summed E-state index contributed by atoms with van der Waals surface area (Å²) in [6, 6.07) is 3.47. The van der Waals surface area contributed by atoms with Gasteiger partial charge in [0.05, 0.1) is 11.1 Å². The summed E-state index contributed by atoms with van der Waals surface area (Å²) in [5.41, 5.74) is -2.12. The Morgan fingerprint density at radius 1 is 0.533 bits per heavy atom. The minimum absolute atomic E-state index is 0.514. The maximum absolute atomic E-state index is 13.1. The first-order valence-electron chi connectivity index (χ1n) is 12.2. The van der Waals surface area contributed by atoms with Crippen molar-refractivity contribution < 1.29 is 89.9 Å². The van der Waals surface area contributed by atoms with Crippen LogP contribution in [0.1, 0.15) is 31.1 Å². The van der Waals surface area contributed by atoms with Crippen molar-refractivity contribution in [3.8, 4) is 51.7 Å². The lowest BCUT2D eigenvalue weighted by Gasteiger charge is -2.28. The van der Waals surface area contributed by atoms with Crippen LogP contribution in [0.5, 0.6) is 51.7 Å². The number of hydrogen-bond acceptors (Lipinski definition) is 18. The maximum atomic E-state index is 13.1. The lowest BCUT2D eigenvalue weighted by molar-refractivity contribution is -0.144. The van der Waals surface area contributed by atoms with Crippen LogP contribution >= 0.6 is 0 Å². The van der Waals surface area contributed by atoms with Crippen LogP contribution in [-0.4, -0.2) is 116 Å². The van der Waals surface area contributed by atoms with Crippen LogP contribution in [0.25, 0.3) is 0 Å². The van der Waals surface area contributed by atoms with E-state index < -0.39 is 123 Å². The van der Waals surface area contributed by atoms with Gasteiger partial charge in [-0.25, -0.2) is 9.59 Å². The van der Waals surface area contributed by atoms with Gasteiger partial charge in [0.15, 0.2) is 57.8 Å². The van der Waals surface area contributed by atoms with Gasteiger partial charge < -0.3 is 70.8 Å². The van der Waals surface area contributed by atoms with Crippen LogP contribution in [0.3, 0.4) is 0 Å². The van der Waals surface area contributed by atoms with Crippen LogP contribution in [0.15, 0.2) is 36.4 Å². The molecule has 0 radical (unpaired) electrons. The first kappa shape index (κ1) is 33.5. The highest BCUT2D eigenvalue weighted by molar-refractivity contribution is 6.45. The fourth-order valence-electron chi connectivity index (χ4n) is 3.66. The molecule has 0 spiro atoms. The normalized spacial score (nSPS) is 13.7. The molecule has 0 unspecified atom stereocenters. The van der Waals surface area contributed by atoms with Gasteiger partial charge in [0.1, 0.15) is 24.9 Å². The highest BCUT2D eigenvalue weighted by Gasteiger charge is 2.42. The predicted octanol–water partition coefficient (Wildman–Crippen LogP) is -1.05. The Hall–Kier alpha value is -5.98. The summed E-state index contributed by atoms with van der Waals surface area (Å²) in [5, 5.41) is 118. The second-order valence-electron chi connectivity index (χ2n) is 9.26. The number of Topliss-reactive ketones (excluding diaryl/α,β-unsaturated/α-hetero) is 2. The molecule has 3 aromatic carbocycles. The van der Waals surface area contributed by atoms with Crippen LogP contribution in [-0.2, 0) is 14.3 Å². The number of ether oxygens (including phenoxy) is 2. The number of carbonyl (C=O) groups excluding carboxylic acids is 4. The van der Waals surface area contributed by atoms with E-state index in [0.29, 0.717) is 36.4 Å². The summed E-state index contributed by atoms with van der Waals surface area (Å²) in [6.07, 6.45) is -10.3.